The number of hydrogen-bond donors (Lipinski definition) is 2. The summed E-state index contributed by atoms with van der Waals surface area (Å²) in [4.78, 5) is 20.5. The Morgan fingerprint density at radius 1 is 1.27 bits per heavy atom. The number of hydrogen-bond acceptors (Lipinski definition) is 4. The number of rotatable bonds is 5. The molecule has 0 saturated carbocycles. The first-order valence-electron chi connectivity index (χ1n) is 4.37. The molecule has 15 heavy (non-hydrogen) atoms. The first kappa shape index (κ1) is 13.3. The molecule has 0 aromatic carbocycles. The number of allylic oxidation sites excluding steroid dienone is 1. The zero-order valence-electron chi connectivity index (χ0n) is 8.54. The Morgan fingerprint density at radius 2 is 1.80 bits per heavy atom. The van der Waals surface area contributed by atoms with E-state index in [4.69, 9.17) is 10.2 Å². The van der Waals surface area contributed by atoms with Crippen LogP contribution < -0.4 is 0 Å². The largest absolute Gasteiger partial charge is 0.506 e. The quantitative estimate of drug-likeness (QED) is 0.542. The first-order valence-corrected chi connectivity index (χ1v) is 4.37. The molecular formula is C9H14O6. The van der Waals surface area contributed by atoms with E-state index in [2.05, 4.69) is 9.47 Å². The van der Waals surface area contributed by atoms with Gasteiger partial charge in [-0.2, -0.15) is 0 Å². The molecule has 6 nitrogen and oxygen atoms in total. The lowest BCUT2D eigenvalue weighted by Crippen LogP contribution is -2.32. The molecule has 86 valence electrons. The van der Waals surface area contributed by atoms with Crippen LogP contribution in [-0.2, 0) is 9.47 Å². The van der Waals surface area contributed by atoms with Crippen LogP contribution in [0, 0.1) is 0 Å². The summed E-state index contributed by atoms with van der Waals surface area (Å²) in [5.74, 6) is 0. The normalized spacial score (nSPS) is 14.5. The van der Waals surface area contributed by atoms with Gasteiger partial charge in [-0.3, -0.25) is 0 Å². The van der Waals surface area contributed by atoms with Crippen LogP contribution in [0.25, 0.3) is 0 Å². The van der Waals surface area contributed by atoms with Gasteiger partial charge in [0.1, 0.15) is 12.2 Å². The Bertz CT molecular complexity index is 247. The average molecular weight is 218 g/mol. The second-order valence-corrected chi connectivity index (χ2v) is 2.82. The summed E-state index contributed by atoms with van der Waals surface area (Å²) in [5.41, 5.74) is 0. The van der Waals surface area contributed by atoms with Crippen LogP contribution in [0.15, 0.2) is 12.2 Å². The molecule has 0 aliphatic heterocycles. The van der Waals surface area contributed by atoms with E-state index >= 15 is 0 Å². The highest BCUT2D eigenvalue weighted by Crippen LogP contribution is 2.10. The van der Waals surface area contributed by atoms with Crippen molar-refractivity contribution in [1.29, 1.82) is 0 Å². The van der Waals surface area contributed by atoms with Crippen molar-refractivity contribution >= 4 is 12.3 Å². The Balaban J connectivity index is 4.31. The van der Waals surface area contributed by atoms with E-state index in [1.807, 2.05) is 0 Å². The molecule has 0 spiro atoms. The standard InChI is InChI=1S/C9H14O6/c1-3-4-5-7(15-9(12)13)6(2)14-8(10)11/h3-4,6-7H,5H2,1-2H3,(H,10,11)(H,12,13). The van der Waals surface area contributed by atoms with Gasteiger partial charge in [0, 0.05) is 6.42 Å². The van der Waals surface area contributed by atoms with Gasteiger partial charge in [0.25, 0.3) is 0 Å². The van der Waals surface area contributed by atoms with E-state index in [1.54, 1.807) is 19.1 Å². The zero-order chi connectivity index (χ0) is 11.8. The molecule has 0 aliphatic rings. The molecule has 0 heterocycles. The third-order valence-corrected chi connectivity index (χ3v) is 1.67. The van der Waals surface area contributed by atoms with Gasteiger partial charge in [-0.25, -0.2) is 9.59 Å². The van der Waals surface area contributed by atoms with E-state index in [1.165, 1.54) is 6.92 Å². The molecule has 0 amide bonds. The van der Waals surface area contributed by atoms with Crippen molar-refractivity contribution < 1.29 is 29.3 Å². The highest BCUT2D eigenvalue weighted by molar-refractivity contribution is 5.58. The van der Waals surface area contributed by atoms with Crippen LogP contribution in [0.3, 0.4) is 0 Å². The van der Waals surface area contributed by atoms with E-state index in [0.717, 1.165) is 0 Å². The third kappa shape index (κ3) is 6.36. The molecule has 0 radical (unpaired) electrons. The van der Waals surface area contributed by atoms with E-state index < -0.39 is 24.5 Å². The number of ether oxygens (including phenoxy) is 2. The van der Waals surface area contributed by atoms with E-state index in [9.17, 15) is 9.59 Å². The summed E-state index contributed by atoms with van der Waals surface area (Å²) in [7, 11) is 0. The lowest BCUT2D eigenvalue weighted by atomic mass is 10.1. The molecule has 0 saturated heterocycles. The Kier molecular flexibility index (Phi) is 5.92. The van der Waals surface area contributed by atoms with Crippen LogP contribution >= 0.6 is 0 Å². The van der Waals surface area contributed by atoms with Gasteiger partial charge in [0.15, 0.2) is 0 Å². The topological polar surface area (TPSA) is 93.1 Å². The summed E-state index contributed by atoms with van der Waals surface area (Å²) in [5, 5.41) is 16.8. The highest BCUT2D eigenvalue weighted by atomic mass is 16.7. The van der Waals surface area contributed by atoms with Crippen LogP contribution in [0.1, 0.15) is 20.3 Å². The minimum atomic E-state index is -1.46. The van der Waals surface area contributed by atoms with Gasteiger partial charge in [-0.05, 0) is 13.8 Å². The predicted octanol–water partition coefficient (Wildman–Crippen LogP) is 2.10. The fourth-order valence-electron chi connectivity index (χ4n) is 0.970. The summed E-state index contributed by atoms with van der Waals surface area (Å²) in [6.45, 7) is 3.20. The third-order valence-electron chi connectivity index (χ3n) is 1.67. The molecule has 0 aromatic rings. The van der Waals surface area contributed by atoms with Crippen molar-refractivity contribution in [2.24, 2.45) is 0 Å². The second-order valence-electron chi connectivity index (χ2n) is 2.82. The van der Waals surface area contributed by atoms with Gasteiger partial charge in [-0.1, -0.05) is 12.2 Å². The summed E-state index contributed by atoms with van der Waals surface area (Å²) in [6.07, 6.45) is -0.907. The van der Waals surface area contributed by atoms with Crippen molar-refractivity contribution in [3.8, 4) is 0 Å². The predicted molar refractivity (Wildman–Crippen MR) is 50.9 cm³/mol. The number of carbonyl (C=O) groups is 2. The monoisotopic (exact) mass is 218 g/mol. The van der Waals surface area contributed by atoms with Crippen molar-refractivity contribution in [1.82, 2.24) is 0 Å². The van der Waals surface area contributed by atoms with Gasteiger partial charge in [0.05, 0.1) is 0 Å². The smallest absolute Gasteiger partial charge is 0.450 e. The summed E-state index contributed by atoms with van der Waals surface area (Å²) in [6, 6.07) is 0. The Hall–Kier alpha value is -1.72. The lowest BCUT2D eigenvalue weighted by molar-refractivity contribution is -0.0316. The molecule has 0 aliphatic carbocycles. The average Bonchev–Trinajstić information content (AvgIpc) is 2.10. The molecule has 2 unspecified atom stereocenters. The van der Waals surface area contributed by atoms with Crippen LogP contribution in [-0.4, -0.2) is 34.7 Å². The van der Waals surface area contributed by atoms with Crippen molar-refractivity contribution in [3.63, 3.8) is 0 Å². The second kappa shape index (κ2) is 6.69. The maximum absolute atomic E-state index is 10.3. The van der Waals surface area contributed by atoms with Gasteiger partial charge in [-0.15, -0.1) is 0 Å². The van der Waals surface area contributed by atoms with Gasteiger partial charge < -0.3 is 19.7 Å². The first-order chi connectivity index (χ1) is 6.97. The molecule has 0 aromatic heterocycles. The maximum Gasteiger partial charge on any atom is 0.506 e. The van der Waals surface area contributed by atoms with Crippen molar-refractivity contribution in [3.05, 3.63) is 12.2 Å². The molecular weight excluding hydrogens is 204 g/mol. The molecule has 2 atom stereocenters. The molecule has 2 N–H and O–H groups in total. The molecule has 6 heteroatoms. The molecule has 0 rings (SSSR count). The molecule has 0 fully saturated rings. The SMILES string of the molecule is CC=CCC(OC(=O)O)C(C)OC(=O)O. The summed E-state index contributed by atoms with van der Waals surface area (Å²) >= 11 is 0. The minimum absolute atomic E-state index is 0.275. The minimum Gasteiger partial charge on any atom is -0.450 e. The van der Waals surface area contributed by atoms with Crippen molar-refractivity contribution in [2.45, 2.75) is 32.5 Å². The van der Waals surface area contributed by atoms with E-state index in [-0.39, 0.29) is 6.42 Å². The maximum atomic E-state index is 10.3. The van der Waals surface area contributed by atoms with Crippen LogP contribution in [0.5, 0.6) is 0 Å². The van der Waals surface area contributed by atoms with Crippen molar-refractivity contribution in [2.75, 3.05) is 0 Å². The number of carboxylic acid groups (broad SMARTS) is 2. The molecule has 0 bridgehead atoms. The van der Waals surface area contributed by atoms with Crippen LogP contribution in [0.2, 0.25) is 0 Å². The van der Waals surface area contributed by atoms with Crippen LogP contribution in [0.4, 0.5) is 9.59 Å². The summed E-state index contributed by atoms with van der Waals surface area (Å²) < 4.78 is 8.90. The van der Waals surface area contributed by atoms with Gasteiger partial charge in [0.2, 0.25) is 0 Å². The highest BCUT2D eigenvalue weighted by Gasteiger charge is 2.23. The van der Waals surface area contributed by atoms with Gasteiger partial charge >= 0.3 is 12.3 Å². The van der Waals surface area contributed by atoms with E-state index in [0.29, 0.717) is 0 Å². The Labute approximate surface area is 87.1 Å². The fourth-order valence-corrected chi connectivity index (χ4v) is 0.970. The fraction of sp³-hybridized carbons (Fsp3) is 0.556. The lowest BCUT2D eigenvalue weighted by Gasteiger charge is -2.20. The Morgan fingerprint density at radius 3 is 2.20 bits per heavy atom. The zero-order valence-corrected chi connectivity index (χ0v) is 8.54.